The summed E-state index contributed by atoms with van der Waals surface area (Å²) in [6.07, 6.45) is -1.35. The quantitative estimate of drug-likeness (QED) is 0.129. The van der Waals surface area contributed by atoms with Crippen molar-refractivity contribution < 1.29 is 31.8 Å². The number of thiophene rings is 1. The van der Waals surface area contributed by atoms with Gasteiger partial charge in [-0.2, -0.15) is 28.4 Å². The Labute approximate surface area is 340 Å². The second-order valence-electron chi connectivity index (χ2n) is 15.7. The van der Waals surface area contributed by atoms with Crippen LogP contribution < -0.4 is 25.4 Å². The van der Waals surface area contributed by atoms with E-state index in [1.165, 1.54) is 6.07 Å². The van der Waals surface area contributed by atoms with Crippen molar-refractivity contribution in [1.82, 2.24) is 30.3 Å². The summed E-state index contributed by atoms with van der Waals surface area (Å²) in [6.45, 7) is 8.26. The number of aromatic nitrogens is 5. The first kappa shape index (κ1) is 38.9. The van der Waals surface area contributed by atoms with Gasteiger partial charge < -0.3 is 30.2 Å². The number of nitrogens with zero attached hydrogens (tertiary/aromatic N) is 7. The zero-order chi connectivity index (χ0) is 41.2. The van der Waals surface area contributed by atoms with Crippen LogP contribution in [-0.2, 0) is 17.5 Å². The summed E-state index contributed by atoms with van der Waals surface area (Å²) in [7, 11) is 0. The second kappa shape index (κ2) is 15.2. The van der Waals surface area contributed by atoms with Crippen molar-refractivity contribution in [3.8, 4) is 40.2 Å². The lowest BCUT2D eigenvalue weighted by molar-refractivity contribution is -0.137. The van der Waals surface area contributed by atoms with Crippen LogP contribution in [0.3, 0.4) is 0 Å². The largest absolute Gasteiger partial charge is 0.486 e. The molecule has 9 rings (SSSR count). The van der Waals surface area contributed by atoms with Gasteiger partial charge in [-0.1, -0.05) is 49.4 Å². The Morgan fingerprint density at radius 2 is 1.88 bits per heavy atom. The number of benzene rings is 3. The molecule has 12 nitrogen and oxygen atoms in total. The summed E-state index contributed by atoms with van der Waals surface area (Å²) in [4.78, 5) is 11.7. The first-order valence-corrected chi connectivity index (χ1v) is 20.4. The summed E-state index contributed by atoms with van der Waals surface area (Å²) in [5.74, 6) is -0.274. The minimum absolute atomic E-state index is 0.00313. The molecule has 3 saturated heterocycles. The van der Waals surface area contributed by atoms with Crippen molar-refractivity contribution in [2.24, 2.45) is 5.92 Å². The first-order valence-electron chi connectivity index (χ1n) is 19.6. The maximum absolute atomic E-state index is 15.7. The third-order valence-electron chi connectivity index (χ3n) is 11.7. The molecule has 3 aromatic heterocycles. The molecule has 0 saturated carbocycles. The monoisotopic (exact) mass is 827 g/mol. The number of piperazine rings is 1. The third kappa shape index (κ3) is 7.16. The molecule has 3 aliphatic rings. The predicted octanol–water partition coefficient (Wildman–Crippen LogP) is 8.29. The predicted molar refractivity (Wildman–Crippen MR) is 216 cm³/mol. The van der Waals surface area contributed by atoms with Gasteiger partial charge in [-0.25, -0.2) is 9.07 Å². The topological polar surface area (TPSA) is 149 Å². The zero-order valence-electron chi connectivity index (χ0n) is 32.5. The highest BCUT2D eigenvalue weighted by Gasteiger charge is 2.42. The Bertz CT molecular complexity index is 2600. The molecule has 3 fully saturated rings. The van der Waals surface area contributed by atoms with E-state index in [0.29, 0.717) is 62.1 Å². The molecule has 2 bridgehead atoms. The summed E-state index contributed by atoms with van der Waals surface area (Å²) >= 11 is 0.802. The highest BCUT2D eigenvalue weighted by molar-refractivity contribution is 7.23. The van der Waals surface area contributed by atoms with Crippen LogP contribution in [0.4, 0.5) is 28.4 Å². The molecule has 6 heterocycles. The second-order valence-corrected chi connectivity index (χ2v) is 16.8. The number of ether oxygens (including phenoxy) is 3. The first-order chi connectivity index (χ1) is 28.4. The maximum atomic E-state index is 15.7. The normalized spacial score (nSPS) is 18.9. The molecule has 3 aliphatic heterocycles. The van der Waals surface area contributed by atoms with Crippen molar-refractivity contribution in [2.75, 3.05) is 36.9 Å². The molecule has 6 aromatic rings. The van der Waals surface area contributed by atoms with Crippen LogP contribution in [0.15, 0.2) is 48.7 Å². The Balaban J connectivity index is 1.24. The van der Waals surface area contributed by atoms with Gasteiger partial charge >= 0.3 is 12.2 Å². The maximum Gasteiger partial charge on any atom is 0.417 e. The van der Waals surface area contributed by atoms with Gasteiger partial charge in [0, 0.05) is 59.9 Å². The van der Waals surface area contributed by atoms with E-state index in [1.807, 2.05) is 46.1 Å². The van der Waals surface area contributed by atoms with E-state index in [4.69, 9.17) is 29.9 Å². The number of nitriles is 1. The van der Waals surface area contributed by atoms with Crippen molar-refractivity contribution in [3.63, 3.8) is 0 Å². The van der Waals surface area contributed by atoms with Crippen molar-refractivity contribution >= 4 is 43.1 Å². The van der Waals surface area contributed by atoms with Gasteiger partial charge in [0.25, 0.3) is 0 Å². The molecule has 0 spiro atoms. The van der Waals surface area contributed by atoms with Crippen molar-refractivity contribution in [1.29, 1.82) is 5.26 Å². The van der Waals surface area contributed by atoms with Crippen molar-refractivity contribution in [2.45, 2.75) is 77.0 Å². The van der Waals surface area contributed by atoms with Gasteiger partial charge in [0.1, 0.15) is 46.6 Å². The number of anilines is 2. The fraction of sp³-hybridized carbons (Fsp3) is 0.405. The number of hydrogen-bond donors (Lipinski definition) is 2. The van der Waals surface area contributed by atoms with E-state index in [9.17, 15) is 5.26 Å². The Kier molecular flexibility index (Phi) is 10.0. The van der Waals surface area contributed by atoms with Crippen LogP contribution in [0.5, 0.6) is 11.8 Å². The zero-order valence-corrected chi connectivity index (χ0v) is 33.3. The SMILES string of the molecule is CC(C)C(C)n1cc(-c2ccc(COc3c(-c4ccc(F)c5sc(N)c(C#N)c45)c(C(F)(F)F)cc4c(N5CC6CC5CN6)nc(OC5CCOCC5)nc34)cc2)nn1. The van der Waals surface area contributed by atoms with Gasteiger partial charge in [0.15, 0.2) is 5.75 Å². The summed E-state index contributed by atoms with van der Waals surface area (Å²) in [5, 5.41) is 22.4. The van der Waals surface area contributed by atoms with E-state index >= 15 is 17.6 Å². The van der Waals surface area contributed by atoms with Crippen molar-refractivity contribution in [3.05, 3.63) is 71.2 Å². The van der Waals surface area contributed by atoms with E-state index < -0.39 is 23.1 Å². The van der Waals surface area contributed by atoms with Crippen LogP contribution in [-0.4, -0.2) is 69.5 Å². The Hall–Kier alpha value is -5.57. The average Bonchev–Trinajstić information content (AvgIpc) is 4.05. The molecule has 3 N–H and O–H groups in total. The molecule has 306 valence electrons. The molecule has 0 radical (unpaired) electrons. The van der Waals surface area contributed by atoms with Crippen LogP contribution >= 0.6 is 11.3 Å². The van der Waals surface area contributed by atoms with Crippen LogP contribution in [0, 0.1) is 23.1 Å². The Morgan fingerprint density at radius 1 is 1.10 bits per heavy atom. The van der Waals surface area contributed by atoms with Gasteiger partial charge in [-0.3, -0.25) is 0 Å². The average molecular weight is 828 g/mol. The van der Waals surface area contributed by atoms with Crippen LogP contribution in [0.1, 0.15) is 62.8 Å². The fourth-order valence-electron chi connectivity index (χ4n) is 8.22. The van der Waals surface area contributed by atoms with Gasteiger partial charge in [0.05, 0.1) is 41.3 Å². The highest BCUT2D eigenvalue weighted by atomic mass is 32.1. The fourth-order valence-corrected chi connectivity index (χ4v) is 9.17. The lowest BCUT2D eigenvalue weighted by Crippen LogP contribution is -2.44. The molecule has 3 unspecified atom stereocenters. The minimum atomic E-state index is -4.94. The summed E-state index contributed by atoms with van der Waals surface area (Å²) < 4.78 is 82.7. The number of rotatable bonds is 10. The number of nitrogen functional groups attached to an aromatic ring is 1. The van der Waals surface area contributed by atoms with Crippen LogP contribution in [0.2, 0.25) is 0 Å². The molecular formula is C42H41F4N9O3S. The van der Waals surface area contributed by atoms with Gasteiger partial charge in [-0.15, -0.1) is 16.4 Å². The van der Waals surface area contributed by atoms with Gasteiger partial charge in [0.2, 0.25) is 0 Å². The number of halogens is 4. The molecule has 59 heavy (non-hydrogen) atoms. The Morgan fingerprint density at radius 3 is 2.56 bits per heavy atom. The molecule has 3 aromatic carbocycles. The highest BCUT2D eigenvalue weighted by Crippen LogP contribution is 2.52. The molecular weight excluding hydrogens is 787 g/mol. The number of fused-ring (bicyclic) bond motifs is 4. The molecule has 17 heteroatoms. The van der Waals surface area contributed by atoms with Gasteiger partial charge in [-0.05, 0) is 42.5 Å². The minimum Gasteiger partial charge on any atom is -0.486 e. The lowest BCUT2D eigenvalue weighted by atomic mass is 9.92. The number of hydrogen-bond acceptors (Lipinski definition) is 12. The third-order valence-corrected chi connectivity index (χ3v) is 12.7. The lowest BCUT2D eigenvalue weighted by Gasteiger charge is -2.31. The van der Waals surface area contributed by atoms with E-state index in [2.05, 4.69) is 36.4 Å². The number of alkyl halides is 3. The van der Waals surface area contributed by atoms with E-state index in [1.54, 1.807) is 0 Å². The summed E-state index contributed by atoms with van der Waals surface area (Å²) in [5.41, 5.74) is 6.75. The van der Waals surface area contributed by atoms with E-state index in [0.717, 1.165) is 35.5 Å². The standard InChI is InChI=1S/C42H41F4N9O3S/c1-21(2)22(3)55-19-33(52-53-55)24-6-4-23(5-7-24)20-57-37-35(28-8-9-32(43)38-34(28)30(16-47)39(48)59-38)31(42(44,45)46)15-29-36(37)50-41(58-27-10-12-56-13-11-27)51-40(29)54-18-25-14-26(54)17-49-25/h4-9,15,19,21-22,25-27,49H,10-14,17-18,20,48H2,1-3H3. The summed E-state index contributed by atoms with van der Waals surface area (Å²) in [6, 6.07) is 13.0. The molecule has 3 atom stereocenters. The number of nitrogens with two attached hydrogens (primary N) is 1. The molecule has 0 aliphatic carbocycles. The van der Waals surface area contributed by atoms with Crippen LogP contribution in [0.25, 0.3) is 43.4 Å². The smallest absolute Gasteiger partial charge is 0.417 e. The molecule has 0 amide bonds. The van der Waals surface area contributed by atoms with E-state index in [-0.39, 0.29) is 79.7 Å². The number of nitrogens with one attached hydrogen (secondary N) is 1.